The Labute approximate surface area is 207 Å². The number of fused-ring (bicyclic) bond motifs is 1. The molecule has 9 heteroatoms. The monoisotopic (exact) mass is 498 g/mol. The van der Waals surface area contributed by atoms with E-state index in [0.29, 0.717) is 37.6 Å². The highest BCUT2D eigenvalue weighted by Gasteiger charge is 2.31. The van der Waals surface area contributed by atoms with Crippen molar-refractivity contribution >= 4 is 21.6 Å². The van der Waals surface area contributed by atoms with Gasteiger partial charge in [0.1, 0.15) is 5.75 Å². The first-order chi connectivity index (χ1) is 16.9. The third-order valence-corrected chi connectivity index (χ3v) is 9.40. The molecular formula is C26H34N4O4S. The third kappa shape index (κ3) is 5.17. The molecule has 2 aliphatic heterocycles. The Morgan fingerprint density at radius 2 is 1.51 bits per heavy atom. The highest BCUT2D eigenvalue weighted by atomic mass is 32.2. The van der Waals surface area contributed by atoms with E-state index in [0.717, 1.165) is 56.7 Å². The van der Waals surface area contributed by atoms with Crippen LogP contribution >= 0.6 is 0 Å². The van der Waals surface area contributed by atoms with Crippen molar-refractivity contribution in [1.82, 2.24) is 14.1 Å². The summed E-state index contributed by atoms with van der Waals surface area (Å²) in [5, 5.41) is 10.1. The number of anilines is 1. The first-order valence-corrected chi connectivity index (χ1v) is 14.0. The predicted octanol–water partition coefficient (Wildman–Crippen LogP) is 1.93. The van der Waals surface area contributed by atoms with Crippen LogP contribution in [-0.4, -0.2) is 92.4 Å². The number of aryl methyl sites for hydroxylation is 2. The highest BCUT2D eigenvalue weighted by Crippen LogP contribution is 2.28. The maximum Gasteiger partial charge on any atom is 0.243 e. The van der Waals surface area contributed by atoms with Gasteiger partial charge in [-0.2, -0.15) is 4.31 Å². The van der Waals surface area contributed by atoms with Crippen molar-refractivity contribution < 1.29 is 18.3 Å². The molecule has 1 amide bonds. The molecule has 3 aliphatic rings. The van der Waals surface area contributed by atoms with Gasteiger partial charge in [0.15, 0.2) is 0 Å². The van der Waals surface area contributed by atoms with Crippen LogP contribution < -0.4 is 4.90 Å². The largest absolute Gasteiger partial charge is 0.506 e. The molecule has 0 unspecified atom stereocenters. The Hall–Kier alpha value is -2.62. The first kappa shape index (κ1) is 24.1. The molecule has 8 nitrogen and oxygen atoms in total. The van der Waals surface area contributed by atoms with Crippen molar-refractivity contribution in [3.63, 3.8) is 0 Å². The number of hydrogen-bond acceptors (Lipinski definition) is 6. The molecule has 0 saturated carbocycles. The van der Waals surface area contributed by atoms with Gasteiger partial charge in [-0.05, 0) is 61.1 Å². The normalized spacial score (nSPS) is 20.0. The fourth-order valence-electron chi connectivity index (χ4n) is 5.37. The van der Waals surface area contributed by atoms with Crippen LogP contribution in [0.2, 0.25) is 0 Å². The van der Waals surface area contributed by atoms with Crippen molar-refractivity contribution in [2.24, 2.45) is 0 Å². The smallest absolute Gasteiger partial charge is 0.243 e. The summed E-state index contributed by atoms with van der Waals surface area (Å²) in [4.78, 5) is 19.4. The van der Waals surface area contributed by atoms with Gasteiger partial charge in [-0.3, -0.25) is 9.69 Å². The van der Waals surface area contributed by atoms with Gasteiger partial charge >= 0.3 is 0 Å². The summed E-state index contributed by atoms with van der Waals surface area (Å²) >= 11 is 0. The molecule has 1 N–H and O–H groups in total. The van der Waals surface area contributed by atoms with Crippen molar-refractivity contribution in [2.45, 2.75) is 30.6 Å². The lowest BCUT2D eigenvalue weighted by Crippen LogP contribution is -2.54. The number of phenolic OH excluding ortho intramolecular Hbond substituents is 1. The maximum atomic E-state index is 13.2. The van der Waals surface area contributed by atoms with E-state index in [4.69, 9.17) is 0 Å². The summed E-state index contributed by atoms with van der Waals surface area (Å²) in [5.41, 5.74) is 3.26. The standard InChI is InChI=1S/C26H34N4O4S/c31-25-8-4-3-7-24(25)28-13-11-27(12-14-28)20-26(32)29-15-17-30(18-16-29)35(33,34)23-10-9-21-5-1-2-6-22(21)19-23/h3-4,7-10,19,31H,1-2,5-6,11-18,20H2. The van der Waals surface area contributed by atoms with E-state index in [1.807, 2.05) is 30.3 Å². The van der Waals surface area contributed by atoms with E-state index in [1.54, 1.807) is 17.0 Å². The minimum atomic E-state index is -3.55. The molecule has 0 spiro atoms. The van der Waals surface area contributed by atoms with Gasteiger partial charge in [0.05, 0.1) is 17.1 Å². The van der Waals surface area contributed by atoms with Crippen molar-refractivity contribution in [2.75, 3.05) is 63.8 Å². The number of para-hydroxylation sites is 2. The summed E-state index contributed by atoms with van der Waals surface area (Å²) in [7, 11) is -3.55. The number of benzene rings is 2. The molecular weight excluding hydrogens is 464 g/mol. The van der Waals surface area contributed by atoms with Gasteiger partial charge in [0.2, 0.25) is 15.9 Å². The van der Waals surface area contributed by atoms with Crippen LogP contribution in [0.25, 0.3) is 0 Å². The Bertz CT molecular complexity index is 1170. The second kappa shape index (κ2) is 10.2. The van der Waals surface area contributed by atoms with Crippen LogP contribution in [0.4, 0.5) is 5.69 Å². The molecule has 0 atom stereocenters. The van der Waals surface area contributed by atoms with Gasteiger partial charge in [-0.25, -0.2) is 8.42 Å². The first-order valence-electron chi connectivity index (χ1n) is 12.6. The average molecular weight is 499 g/mol. The molecule has 5 rings (SSSR count). The Balaban J connectivity index is 1.12. The number of phenols is 1. The van der Waals surface area contributed by atoms with Gasteiger partial charge < -0.3 is 14.9 Å². The lowest BCUT2D eigenvalue weighted by molar-refractivity contribution is -0.133. The summed E-state index contributed by atoms with van der Waals surface area (Å²) in [6.07, 6.45) is 4.25. The number of aromatic hydroxyl groups is 1. The van der Waals surface area contributed by atoms with Crippen molar-refractivity contribution in [3.8, 4) is 5.75 Å². The molecule has 2 saturated heterocycles. The number of hydrogen-bond donors (Lipinski definition) is 1. The molecule has 188 valence electrons. The lowest BCUT2D eigenvalue weighted by Gasteiger charge is -2.38. The van der Waals surface area contributed by atoms with Gasteiger partial charge in [-0.1, -0.05) is 18.2 Å². The zero-order valence-corrected chi connectivity index (χ0v) is 20.9. The maximum absolute atomic E-state index is 13.2. The number of carbonyl (C=O) groups excluding carboxylic acids is 1. The average Bonchev–Trinajstić information content (AvgIpc) is 2.89. The van der Waals surface area contributed by atoms with Gasteiger partial charge in [0.25, 0.3) is 0 Å². The minimum Gasteiger partial charge on any atom is -0.506 e. The molecule has 1 aliphatic carbocycles. The number of sulfonamides is 1. The number of rotatable bonds is 5. The van der Waals surface area contributed by atoms with Gasteiger partial charge in [0, 0.05) is 52.4 Å². The molecule has 0 radical (unpaired) electrons. The van der Waals surface area contributed by atoms with Crippen molar-refractivity contribution in [3.05, 3.63) is 53.6 Å². The molecule has 0 bridgehead atoms. The van der Waals surface area contributed by atoms with Crippen LogP contribution in [0.1, 0.15) is 24.0 Å². The van der Waals surface area contributed by atoms with Crippen molar-refractivity contribution in [1.29, 1.82) is 0 Å². The van der Waals surface area contributed by atoms with Crippen LogP contribution in [0, 0.1) is 0 Å². The van der Waals surface area contributed by atoms with E-state index in [9.17, 15) is 18.3 Å². The van der Waals surface area contributed by atoms with E-state index in [-0.39, 0.29) is 11.7 Å². The Morgan fingerprint density at radius 1 is 0.829 bits per heavy atom. The SMILES string of the molecule is O=C(CN1CCN(c2ccccc2O)CC1)N1CCN(S(=O)(=O)c2ccc3c(c2)CCCC3)CC1. The van der Waals surface area contributed by atoms with E-state index in [2.05, 4.69) is 9.80 Å². The van der Waals surface area contributed by atoms with Crippen LogP contribution in [0.3, 0.4) is 0 Å². The van der Waals surface area contributed by atoms with Crippen LogP contribution in [-0.2, 0) is 27.7 Å². The molecule has 2 aromatic carbocycles. The van der Waals surface area contributed by atoms with E-state index < -0.39 is 10.0 Å². The fraction of sp³-hybridized carbons (Fsp3) is 0.500. The Morgan fingerprint density at radius 3 is 2.23 bits per heavy atom. The zero-order chi connectivity index (χ0) is 24.4. The number of nitrogens with zero attached hydrogens (tertiary/aromatic N) is 4. The van der Waals surface area contributed by atoms with E-state index >= 15 is 0 Å². The van der Waals surface area contributed by atoms with Crippen LogP contribution in [0.15, 0.2) is 47.4 Å². The lowest BCUT2D eigenvalue weighted by atomic mass is 9.92. The molecule has 2 fully saturated rings. The Kier molecular flexibility index (Phi) is 7.00. The molecule has 35 heavy (non-hydrogen) atoms. The highest BCUT2D eigenvalue weighted by molar-refractivity contribution is 7.89. The second-order valence-electron chi connectivity index (χ2n) is 9.67. The predicted molar refractivity (Wildman–Crippen MR) is 135 cm³/mol. The number of amides is 1. The fourth-order valence-corrected chi connectivity index (χ4v) is 6.84. The topological polar surface area (TPSA) is 84.4 Å². The number of carbonyl (C=O) groups is 1. The quantitative estimate of drug-likeness (QED) is 0.678. The summed E-state index contributed by atoms with van der Waals surface area (Å²) < 4.78 is 28.0. The van der Waals surface area contributed by atoms with E-state index in [1.165, 1.54) is 16.3 Å². The molecule has 2 heterocycles. The summed E-state index contributed by atoms with van der Waals surface area (Å²) in [6, 6.07) is 12.9. The summed E-state index contributed by atoms with van der Waals surface area (Å²) in [6.45, 7) is 4.81. The zero-order valence-electron chi connectivity index (χ0n) is 20.1. The van der Waals surface area contributed by atoms with Crippen LogP contribution in [0.5, 0.6) is 5.75 Å². The minimum absolute atomic E-state index is 0.0480. The number of piperazine rings is 2. The molecule has 0 aromatic heterocycles. The molecule has 2 aromatic rings. The van der Waals surface area contributed by atoms with Gasteiger partial charge in [-0.15, -0.1) is 0 Å². The summed E-state index contributed by atoms with van der Waals surface area (Å²) in [5.74, 6) is 0.326. The second-order valence-corrected chi connectivity index (χ2v) is 11.6. The third-order valence-electron chi connectivity index (χ3n) is 7.50.